The Balaban J connectivity index is 1.76. The highest BCUT2D eigenvalue weighted by Crippen LogP contribution is 2.30. The van der Waals surface area contributed by atoms with E-state index in [1.165, 1.54) is 22.6 Å². The number of benzene rings is 1. The SMILES string of the molecule is CCc1cn([C@H]2C[C@H](OC(C)=O)[C@@H](CN(C)C(=O)Cc3ccccc3Br)O2)c(=O)[nH]c1=O. The summed E-state index contributed by atoms with van der Waals surface area (Å²) in [6.07, 6.45) is 0.357. The number of nitrogens with one attached hydrogen (secondary N) is 1. The number of likely N-dealkylation sites (N-methyl/N-ethyl adjacent to an activating group) is 1. The van der Waals surface area contributed by atoms with Crippen molar-refractivity contribution < 1.29 is 19.1 Å². The zero-order valence-corrected chi connectivity index (χ0v) is 19.8. The van der Waals surface area contributed by atoms with Gasteiger partial charge in [0.05, 0.1) is 13.0 Å². The molecule has 1 N–H and O–H groups in total. The van der Waals surface area contributed by atoms with Gasteiger partial charge < -0.3 is 14.4 Å². The summed E-state index contributed by atoms with van der Waals surface area (Å²) in [5, 5.41) is 0. The van der Waals surface area contributed by atoms with E-state index in [9.17, 15) is 19.2 Å². The lowest BCUT2D eigenvalue weighted by atomic mass is 10.1. The number of ether oxygens (including phenoxy) is 2. The number of carbonyl (C=O) groups excluding carboxylic acids is 2. The third kappa shape index (κ3) is 5.55. The first-order valence-corrected chi connectivity index (χ1v) is 11.1. The predicted octanol–water partition coefficient (Wildman–Crippen LogP) is 1.78. The van der Waals surface area contributed by atoms with Gasteiger partial charge in [-0.1, -0.05) is 41.1 Å². The minimum atomic E-state index is -0.731. The van der Waals surface area contributed by atoms with Crippen molar-refractivity contribution in [3.8, 4) is 0 Å². The van der Waals surface area contributed by atoms with Crippen LogP contribution in [0.25, 0.3) is 0 Å². The molecule has 1 aliphatic rings. The molecule has 0 spiro atoms. The van der Waals surface area contributed by atoms with Gasteiger partial charge in [-0.15, -0.1) is 0 Å². The lowest BCUT2D eigenvalue weighted by Gasteiger charge is -2.25. The number of esters is 1. The molecule has 1 saturated heterocycles. The van der Waals surface area contributed by atoms with E-state index in [1.54, 1.807) is 7.05 Å². The number of aryl methyl sites for hydroxylation is 1. The van der Waals surface area contributed by atoms with E-state index in [2.05, 4.69) is 20.9 Å². The van der Waals surface area contributed by atoms with Crippen molar-refractivity contribution in [1.29, 1.82) is 0 Å². The Hall–Kier alpha value is -2.72. The molecule has 0 saturated carbocycles. The molecule has 3 rings (SSSR count). The second-order valence-electron chi connectivity index (χ2n) is 7.73. The first kappa shape index (κ1) is 23.9. The van der Waals surface area contributed by atoms with Crippen LogP contribution in [0.15, 0.2) is 44.5 Å². The molecule has 32 heavy (non-hydrogen) atoms. The fraction of sp³-hybridized carbons (Fsp3) is 0.455. The maximum Gasteiger partial charge on any atom is 0.330 e. The van der Waals surface area contributed by atoms with E-state index in [0.29, 0.717) is 12.0 Å². The minimum absolute atomic E-state index is 0.125. The number of hydrogen-bond donors (Lipinski definition) is 1. The topological polar surface area (TPSA) is 111 Å². The van der Waals surface area contributed by atoms with Crippen LogP contribution in [0.3, 0.4) is 0 Å². The van der Waals surface area contributed by atoms with Crippen LogP contribution in [0.4, 0.5) is 0 Å². The lowest BCUT2D eigenvalue weighted by molar-refractivity contribution is -0.150. The van der Waals surface area contributed by atoms with Crippen molar-refractivity contribution in [1.82, 2.24) is 14.5 Å². The third-order valence-corrected chi connectivity index (χ3v) is 6.18. The van der Waals surface area contributed by atoms with E-state index in [-0.39, 0.29) is 25.3 Å². The average molecular weight is 508 g/mol. The van der Waals surface area contributed by atoms with Crippen LogP contribution in [-0.2, 0) is 31.9 Å². The molecule has 2 heterocycles. The molecule has 1 aromatic heterocycles. The van der Waals surface area contributed by atoms with Gasteiger partial charge in [0.25, 0.3) is 5.56 Å². The van der Waals surface area contributed by atoms with Crippen LogP contribution in [0.2, 0.25) is 0 Å². The average Bonchev–Trinajstić information content (AvgIpc) is 3.11. The van der Waals surface area contributed by atoms with Gasteiger partial charge in [0.2, 0.25) is 5.91 Å². The maximum absolute atomic E-state index is 12.8. The molecule has 0 aliphatic carbocycles. The van der Waals surface area contributed by atoms with Crippen molar-refractivity contribution >= 4 is 27.8 Å². The second kappa shape index (κ2) is 10.3. The molecule has 10 heteroatoms. The molecular formula is C22H26BrN3O6. The maximum atomic E-state index is 12.8. The number of amides is 1. The van der Waals surface area contributed by atoms with Gasteiger partial charge in [-0.05, 0) is 18.1 Å². The molecular weight excluding hydrogens is 482 g/mol. The number of rotatable bonds is 7. The smallest absolute Gasteiger partial charge is 0.330 e. The van der Waals surface area contributed by atoms with Crippen LogP contribution in [-0.4, -0.2) is 52.1 Å². The van der Waals surface area contributed by atoms with E-state index in [1.807, 2.05) is 31.2 Å². The number of hydrogen-bond acceptors (Lipinski definition) is 6. The summed E-state index contributed by atoms with van der Waals surface area (Å²) in [6.45, 7) is 3.29. The van der Waals surface area contributed by atoms with Gasteiger partial charge in [0, 0.05) is 36.6 Å². The lowest BCUT2D eigenvalue weighted by Crippen LogP contribution is -2.40. The Morgan fingerprint density at radius 3 is 2.66 bits per heavy atom. The molecule has 172 valence electrons. The zero-order valence-electron chi connectivity index (χ0n) is 18.2. The van der Waals surface area contributed by atoms with Crippen LogP contribution < -0.4 is 11.2 Å². The van der Waals surface area contributed by atoms with Crippen LogP contribution in [0.1, 0.15) is 37.6 Å². The Morgan fingerprint density at radius 1 is 1.28 bits per heavy atom. The normalized spacial score (nSPS) is 20.2. The highest BCUT2D eigenvalue weighted by Gasteiger charge is 2.40. The van der Waals surface area contributed by atoms with E-state index < -0.39 is 35.7 Å². The standard InChI is InChI=1S/C22H26BrN3O6/c1-4-14-11-26(22(30)24-21(14)29)20-10-17(31-13(2)27)18(32-20)12-25(3)19(28)9-15-7-5-6-8-16(15)23/h5-8,11,17-18,20H,4,9-10,12H2,1-3H3,(H,24,29,30)/t17-,18+,20+/m0/s1. The fourth-order valence-corrected chi connectivity index (χ4v) is 4.10. The molecule has 0 bridgehead atoms. The van der Waals surface area contributed by atoms with E-state index >= 15 is 0 Å². The monoisotopic (exact) mass is 507 g/mol. The summed E-state index contributed by atoms with van der Waals surface area (Å²) in [5.41, 5.74) is 0.273. The molecule has 1 amide bonds. The van der Waals surface area contributed by atoms with Crippen molar-refractivity contribution in [3.05, 3.63) is 66.9 Å². The van der Waals surface area contributed by atoms with Gasteiger partial charge in [-0.2, -0.15) is 0 Å². The van der Waals surface area contributed by atoms with Crippen LogP contribution in [0, 0.1) is 0 Å². The molecule has 0 radical (unpaired) electrons. The molecule has 1 fully saturated rings. The second-order valence-corrected chi connectivity index (χ2v) is 8.58. The van der Waals surface area contributed by atoms with Crippen molar-refractivity contribution in [2.75, 3.05) is 13.6 Å². The van der Waals surface area contributed by atoms with Gasteiger partial charge in [-0.25, -0.2) is 4.79 Å². The summed E-state index contributed by atoms with van der Waals surface area (Å²) in [6, 6.07) is 7.48. The van der Waals surface area contributed by atoms with Crippen molar-refractivity contribution in [2.24, 2.45) is 0 Å². The number of halogens is 1. The van der Waals surface area contributed by atoms with Gasteiger partial charge >= 0.3 is 11.7 Å². The number of nitrogens with zero attached hydrogens (tertiary/aromatic N) is 2. The summed E-state index contributed by atoms with van der Waals surface area (Å²) >= 11 is 3.45. The Bertz CT molecular complexity index is 1110. The summed E-state index contributed by atoms with van der Waals surface area (Å²) in [4.78, 5) is 52.4. The molecule has 1 aliphatic heterocycles. The van der Waals surface area contributed by atoms with Crippen molar-refractivity contribution in [2.45, 2.75) is 51.5 Å². The molecule has 1 aromatic carbocycles. The number of aromatic amines is 1. The quantitative estimate of drug-likeness (QED) is 0.571. The van der Waals surface area contributed by atoms with Crippen LogP contribution >= 0.6 is 15.9 Å². The number of aromatic nitrogens is 2. The van der Waals surface area contributed by atoms with Gasteiger partial charge in [0.1, 0.15) is 18.4 Å². The Kier molecular flexibility index (Phi) is 7.68. The number of H-pyrrole nitrogens is 1. The fourth-order valence-electron chi connectivity index (χ4n) is 3.68. The Morgan fingerprint density at radius 2 is 2.00 bits per heavy atom. The third-order valence-electron chi connectivity index (χ3n) is 5.41. The molecule has 9 nitrogen and oxygen atoms in total. The van der Waals surface area contributed by atoms with Gasteiger partial charge in [0.15, 0.2) is 0 Å². The van der Waals surface area contributed by atoms with Crippen LogP contribution in [0.5, 0.6) is 0 Å². The molecule has 0 unspecified atom stereocenters. The zero-order chi connectivity index (χ0) is 23.4. The predicted molar refractivity (Wildman–Crippen MR) is 120 cm³/mol. The number of carbonyl (C=O) groups is 2. The largest absolute Gasteiger partial charge is 0.460 e. The molecule has 3 atom stereocenters. The minimum Gasteiger partial charge on any atom is -0.460 e. The first-order chi connectivity index (χ1) is 15.2. The molecule has 2 aromatic rings. The summed E-state index contributed by atoms with van der Waals surface area (Å²) < 4.78 is 13.6. The summed E-state index contributed by atoms with van der Waals surface area (Å²) in [7, 11) is 1.65. The first-order valence-electron chi connectivity index (χ1n) is 10.3. The van der Waals surface area contributed by atoms with E-state index in [0.717, 1.165) is 10.0 Å². The van der Waals surface area contributed by atoms with Crippen molar-refractivity contribution in [3.63, 3.8) is 0 Å². The van der Waals surface area contributed by atoms with E-state index in [4.69, 9.17) is 9.47 Å². The highest BCUT2D eigenvalue weighted by atomic mass is 79.9. The van der Waals surface area contributed by atoms with Gasteiger partial charge in [-0.3, -0.25) is 23.9 Å². The highest BCUT2D eigenvalue weighted by molar-refractivity contribution is 9.10. The Labute approximate surface area is 193 Å². The summed E-state index contributed by atoms with van der Waals surface area (Å²) in [5.74, 6) is -0.602.